The molecule has 3 N–H and O–H groups in total. The average Bonchev–Trinajstić information content (AvgIpc) is 2.88. The van der Waals surface area contributed by atoms with E-state index in [9.17, 15) is 33.1 Å². The number of para-hydroxylation sites is 1. The van der Waals surface area contributed by atoms with Crippen molar-refractivity contribution in [2.24, 2.45) is 5.41 Å². The first-order valence-electron chi connectivity index (χ1n) is 12.7. The summed E-state index contributed by atoms with van der Waals surface area (Å²) >= 11 is 0. The number of aromatic carboxylic acids is 1. The highest BCUT2D eigenvalue weighted by atomic mass is 19.4. The van der Waals surface area contributed by atoms with Crippen LogP contribution in [0.25, 0.3) is 11.0 Å². The molecule has 0 bridgehead atoms. The molecule has 1 fully saturated rings. The predicted molar refractivity (Wildman–Crippen MR) is 146 cm³/mol. The molecule has 1 unspecified atom stereocenters. The summed E-state index contributed by atoms with van der Waals surface area (Å²) in [4.78, 5) is 35.9. The maximum Gasteiger partial charge on any atom is 0.490 e. The van der Waals surface area contributed by atoms with Crippen LogP contribution in [0.3, 0.4) is 0 Å². The summed E-state index contributed by atoms with van der Waals surface area (Å²) < 4.78 is 38.1. The van der Waals surface area contributed by atoms with E-state index in [2.05, 4.69) is 25.2 Å². The van der Waals surface area contributed by atoms with E-state index < -0.39 is 18.1 Å². The lowest BCUT2D eigenvalue weighted by atomic mass is 9.82. The highest BCUT2D eigenvalue weighted by Gasteiger charge is 2.38. The third kappa shape index (κ3) is 7.16. The molecule has 0 amide bonds. The summed E-state index contributed by atoms with van der Waals surface area (Å²) in [6.45, 7) is 9.62. The van der Waals surface area contributed by atoms with Crippen molar-refractivity contribution < 1.29 is 37.4 Å². The Labute approximate surface area is 233 Å². The Kier molecular flexibility index (Phi) is 9.01. The molecule has 1 aliphatic heterocycles. The van der Waals surface area contributed by atoms with Gasteiger partial charge < -0.3 is 24.8 Å². The number of anilines is 2. The number of aryl methyl sites for hydroxylation is 1. The zero-order valence-corrected chi connectivity index (χ0v) is 22.9. The number of rotatable bonds is 5. The van der Waals surface area contributed by atoms with E-state index in [1.54, 1.807) is 30.3 Å². The molecule has 218 valence electrons. The van der Waals surface area contributed by atoms with Crippen molar-refractivity contribution in [3.05, 3.63) is 68.9 Å². The lowest BCUT2D eigenvalue weighted by Gasteiger charge is -2.37. The molecule has 0 aliphatic carbocycles. The van der Waals surface area contributed by atoms with Gasteiger partial charge in [-0.15, -0.1) is 0 Å². The number of halogens is 3. The number of nitrogens with one attached hydrogen (secondary N) is 1. The van der Waals surface area contributed by atoms with E-state index in [0.29, 0.717) is 35.6 Å². The second-order valence-corrected chi connectivity index (χ2v) is 10.6. The van der Waals surface area contributed by atoms with Gasteiger partial charge in [0.25, 0.3) is 0 Å². The molecule has 2 heterocycles. The van der Waals surface area contributed by atoms with Crippen LogP contribution in [0.15, 0.2) is 45.6 Å². The zero-order valence-electron chi connectivity index (χ0n) is 22.9. The second kappa shape index (κ2) is 11.9. The van der Waals surface area contributed by atoms with Crippen LogP contribution < -0.4 is 15.6 Å². The molecule has 2 aromatic carbocycles. The smallest absolute Gasteiger partial charge is 0.478 e. The quantitative estimate of drug-likeness (QED) is 0.330. The van der Waals surface area contributed by atoms with E-state index in [1.165, 1.54) is 0 Å². The van der Waals surface area contributed by atoms with Crippen molar-refractivity contribution in [1.82, 2.24) is 0 Å². The molecule has 3 aromatic rings. The fourth-order valence-electron chi connectivity index (χ4n) is 4.53. The summed E-state index contributed by atoms with van der Waals surface area (Å²) in [5.74, 6) is -3.46. The fraction of sp³-hybridized carbons (Fsp3) is 0.379. The van der Waals surface area contributed by atoms with Gasteiger partial charge in [-0.05, 0) is 55.9 Å². The molecule has 0 spiro atoms. The van der Waals surface area contributed by atoms with E-state index in [1.807, 2.05) is 24.8 Å². The number of fused-ring (bicyclic) bond motifs is 1. The maximum absolute atomic E-state index is 13.4. The Morgan fingerprint density at radius 3 is 2.27 bits per heavy atom. The van der Waals surface area contributed by atoms with Gasteiger partial charge in [-0.3, -0.25) is 4.79 Å². The third-order valence-electron chi connectivity index (χ3n) is 6.90. The van der Waals surface area contributed by atoms with Crippen molar-refractivity contribution in [3.8, 4) is 6.07 Å². The van der Waals surface area contributed by atoms with E-state index in [-0.39, 0.29) is 28.0 Å². The van der Waals surface area contributed by atoms with Gasteiger partial charge in [0.2, 0.25) is 11.3 Å². The zero-order chi connectivity index (χ0) is 30.7. The van der Waals surface area contributed by atoms with E-state index >= 15 is 0 Å². The van der Waals surface area contributed by atoms with Gasteiger partial charge in [0.15, 0.2) is 5.56 Å². The van der Waals surface area contributed by atoms with Gasteiger partial charge in [-0.25, -0.2) is 9.59 Å². The summed E-state index contributed by atoms with van der Waals surface area (Å²) in [5.41, 5.74) is 2.54. The van der Waals surface area contributed by atoms with E-state index in [0.717, 1.165) is 24.0 Å². The first-order valence-corrected chi connectivity index (χ1v) is 12.7. The van der Waals surface area contributed by atoms with Crippen LogP contribution in [-0.4, -0.2) is 41.4 Å². The Hall–Kier alpha value is -4.53. The summed E-state index contributed by atoms with van der Waals surface area (Å²) in [6, 6.07) is 12.1. The van der Waals surface area contributed by atoms with Crippen molar-refractivity contribution in [1.29, 1.82) is 5.26 Å². The standard InChI is InChI=1S/C27H29N3O4.C2HF3O2/c1-16-13-19(17(2)29-22-8-6-5-7-18(22)26(32)33)24-20(14-16)23(31)21(15-28)25(34-24)30-11-9-27(3,4)10-12-30;3-2(4,5)1(6)7/h5-8,13-14,17,29H,9-12H2,1-4H3,(H,32,33);(H,6,7). The molecule has 41 heavy (non-hydrogen) atoms. The molecule has 0 radical (unpaired) electrons. The van der Waals surface area contributed by atoms with Crippen molar-refractivity contribution >= 4 is 34.5 Å². The number of alkyl halides is 3. The maximum atomic E-state index is 13.4. The molecule has 1 atom stereocenters. The number of hydrogen-bond acceptors (Lipinski definition) is 7. The number of carboxylic acid groups (broad SMARTS) is 2. The highest BCUT2D eigenvalue weighted by Crippen LogP contribution is 2.36. The number of carbonyl (C=O) groups is 2. The molecular formula is C29H30F3N3O6. The molecule has 1 aromatic heterocycles. The molecule has 1 saturated heterocycles. The number of benzene rings is 2. The molecular weight excluding hydrogens is 543 g/mol. The lowest BCUT2D eigenvalue weighted by Crippen LogP contribution is -2.38. The van der Waals surface area contributed by atoms with Crippen LogP contribution in [0.4, 0.5) is 24.7 Å². The monoisotopic (exact) mass is 573 g/mol. The Balaban J connectivity index is 0.000000587. The predicted octanol–water partition coefficient (Wildman–Crippen LogP) is 6.10. The van der Waals surface area contributed by atoms with Crippen LogP contribution in [0.2, 0.25) is 0 Å². The van der Waals surface area contributed by atoms with Crippen molar-refractivity contribution in [2.45, 2.75) is 52.8 Å². The van der Waals surface area contributed by atoms with E-state index in [4.69, 9.17) is 14.3 Å². The van der Waals surface area contributed by atoms with Crippen molar-refractivity contribution in [2.75, 3.05) is 23.3 Å². The van der Waals surface area contributed by atoms with Gasteiger partial charge in [0, 0.05) is 24.3 Å². The largest absolute Gasteiger partial charge is 0.490 e. The number of nitriles is 1. The molecule has 9 nitrogen and oxygen atoms in total. The van der Waals surface area contributed by atoms with Crippen LogP contribution in [0.5, 0.6) is 0 Å². The Bertz CT molecular complexity index is 1560. The number of piperidine rings is 1. The van der Waals surface area contributed by atoms with Crippen LogP contribution in [0, 0.1) is 23.7 Å². The minimum absolute atomic E-state index is 0.0283. The summed E-state index contributed by atoms with van der Waals surface area (Å²) in [7, 11) is 0. The lowest BCUT2D eigenvalue weighted by molar-refractivity contribution is -0.192. The first-order chi connectivity index (χ1) is 19.1. The number of hydrogen-bond donors (Lipinski definition) is 3. The minimum atomic E-state index is -5.08. The number of carboxylic acids is 2. The molecule has 1 aliphatic rings. The minimum Gasteiger partial charge on any atom is -0.478 e. The number of nitrogens with zero attached hydrogens (tertiary/aromatic N) is 2. The van der Waals surface area contributed by atoms with Gasteiger partial charge in [-0.1, -0.05) is 32.0 Å². The first kappa shape index (κ1) is 31.0. The summed E-state index contributed by atoms with van der Waals surface area (Å²) in [5, 5.41) is 30.1. The number of aliphatic carboxylic acids is 1. The molecule has 4 rings (SSSR count). The third-order valence-corrected chi connectivity index (χ3v) is 6.90. The van der Waals surface area contributed by atoms with Gasteiger partial charge in [-0.2, -0.15) is 18.4 Å². The Morgan fingerprint density at radius 2 is 1.73 bits per heavy atom. The topological polar surface area (TPSA) is 144 Å². The van der Waals surface area contributed by atoms with Crippen molar-refractivity contribution in [3.63, 3.8) is 0 Å². The normalized spacial score (nSPS) is 15.3. The average molecular weight is 574 g/mol. The Morgan fingerprint density at radius 1 is 1.15 bits per heavy atom. The van der Waals surface area contributed by atoms with Crippen LogP contribution in [-0.2, 0) is 4.79 Å². The van der Waals surface area contributed by atoms with Crippen LogP contribution in [0.1, 0.15) is 66.7 Å². The second-order valence-electron chi connectivity index (χ2n) is 10.6. The summed E-state index contributed by atoms with van der Waals surface area (Å²) in [6.07, 6.45) is -3.21. The molecule has 0 saturated carbocycles. The van der Waals surface area contributed by atoms with Gasteiger partial charge in [0.1, 0.15) is 11.7 Å². The fourth-order valence-corrected chi connectivity index (χ4v) is 4.53. The van der Waals surface area contributed by atoms with Crippen LogP contribution >= 0.6 is 0 Å². The molecule has 12 heteroatoms. The van der Waals surface area contributed by atoms with Gasteiger partial charge in [0.05, 0.1) is 17.0 Å². The highest BCUT2D eigenvalue weighted by molar-refractivity contribution is 5.94. The van der Waals surface area contributed by atoms with Gasteiger partial charge >= 0.3 is 18.1 Å². The SMILES string of the molecule is Cc1cc(C(C)Nc2ccccc2C(=O)O)c2oc(N3CCC(C)(C)CC3)c(C#N)c(=O)c2c1.O=C(O)C(F)(F)F.